The number of hydrogen-bond acceptors (Lipinski definition) is 2. The third kappa shape index (κ3) is 13.8. The van der Waals surface area contributed by atoms with Crippen LogP contribution in [0.2, 0.25) is 0 Å². The van der Waals surface area contributed by atoms with Crippen LogP contribution in [-0.4, -0.2) is 27.6 Å². The Balaban J connectivity index is 0. The average molecular weight is 192 g/mol. The van der Waals surface area contributed by atoms with Crippen molar-refractivity contribution in [3.63, 3.8) is 0 Å². The number of carboxylic acid groups (broad SMARTS) is 2. The van der Waals surface area contributed by atoms with E-state index in [1.165, 1.54) is 0 Å². The van der Waals surface area contributed by atoms with Gasteiger partial charge < -0.3 is 15.7 Å². The molecule has 0 rings (SSSR count). The smallest absolute Gasteiger partial charge is 0.303 e. The fourth-order valence-corrected chi connectivity index (χ4v) is 0.906. The maximum absolute atomic E-state index is 10.0. The van der Waals surface area contributed by atoms with Crippen molar-refractivity contribution < 1.29 is 25.3 Å². The predicted molar refractivity (Wildman–Crippen MR) is 46.6 cm³/mol. The van der Waals surface area contributed by atoms with Gasteiger partial charge in [-0.15, -0.1) is 0 Å². The van der Waals surface area contributed by atoms with Crippen LogP contribution in [0.3, 0.4) is 0 Å². The molecule has 4 N–H and O–H groups in total. The van der Waals surface area contributed by atoms with Crippen molar-refractivity contribution in [1.29, 1.82) is 0 Å². The molecule has 0 saturated carbocycles. The first-order chi connectivity index (χ1) is 5.63. The zero-order valence-corrected chi connectivity index (χ0v) is 7.45. The van der Waals surface area contributed by atoms with Gasteiger partial charge in [-0.3, -0.25) is 9.59 Å². The van der Waals surface area contributed by atoms with Gasteiger partial charge in [0, 0.05) is 12.8 Å². The normalized spacial score (nSPS) is 8.92. The molecule has 0 aliphatic heterocycles. The van der Waals surface area contributed by atoms with Gasteiger partial charge in [-0.2, -0.15) is 0 Å². The molecular formula is C8H16O5. The highest BCUT2D eigenvalue weighted by molar-refractivity contribution is 5.66. The van der Waals surface area contributed by atoms with Gasteiger partial charge in [0.25, 0.3) is 0 Å². The highest BCUT2D eigenvalue weighted by atomic mass is 16.4. The summed E-state index contributed by atoms with van der Waals surface area (Å²) in [5.41, 5.74) is 0. The van der Waals surface area contributed by atoms with Crippen molar-refractivity contribution >= 4 is 11.9 Å². The Hall–Kier alpha value is -1.10. The summed E-state index contributed by atoms with van der Waals surface area (Å²) in [6, 6.07) is 0. The van der Waals surface area contributed by atoms with Gasteiger partial charge in [-0.05, 0) is 12.8 Å². The summed E-state index contributed by atoms with van der Waals surface area (Å²) in [7, 11) is 0. The zero-order chi connectivity index (χ0) is 9.40. The molecule has 0 aromatic heterocycles. The Labute approximate surface area is 76.7 Å². The van der Waals surface area contributed by atoms with Crippen LogP contribution in [0.5, 0.6) is 0 Å². The topological polar surface area (TPSA) is 106 Å². The molecule has 0 heterocycles. The van der Waals surface area contributed by atoms with E-state index in [4.69, 9.17) is 10.2 Å². The van der Waals surface area contributed by atoms with Crippen LogP contribution in [0.4, 0.5) is 0 Å². The third-order valence-corrected chi connectivity index (χ3v) is 1.53. The molecule has 13 heavy (non-hydrogen) atoms. The van der Waals surface area contributed by atoms with Crippen molar-refractivity contribution in [3.8, 4) is 0 Å². The molecule has 0 aliphatic carbocycles. The largest absolute Gasteiger partial charge is 0.481 e. The van der Waals surface area contributed by atoms with Crippen LogP contribution >= 0.6 is 0 Å². The molecule has 0 fully saturated rings. The van der Waals surface area contributed by atoms with Gasteiger partial charge in [0.15, 0.2) is 0 Å². The van der Waals surface area contributed by atoms with Crippen LogP contribution < -0.4 is 0 Å². The van der Waals surface area contributed by atoms with Crippen LogP contribution in [0, 0.1) is 0 Å². The number of carbonyl (C=O) groups is 2. The SMILES string of the molecule is O.O=C(O)CCCCCCC(=O)O. The fraction of sp³-hybridized carbons (Fsp3) is 0.750. The Morgan fingerprint density at radius 2 is 1.08 bits per heavy atom. The molecule has 5 nitrogen and oxygen atoms in total. The molecule has 0 saturated heterocycles. The molecule has 0 unspecified atom stereocenters. The highest BCUT2D eigenvalue weighted by Gasteiger charge is 1.98. The standard InChI is InChI=1S/C8H14O4.H2O/c9-7(10)5-3-1-2-4-6-8(11)12;/h1-6H2,(H,9,10)(H,11,12);1H2. The lowest BCUT2D eigenvalue weighted by molar-refractivity contribution is -0.138. The minimum absolute atomic E-state index is 0. The minimum Gasteiger partial charge on any atom is -0.481 e. The van der Waals surface area contributed by atoms with Crippen molar-refractivity contribution in [1.82, 2.24) is 0 Å². The van der Waals surface area contributed by atoms with E-state index < -0.39 is 11.9 Å². The van der Waals surface area contributed by atoms with E-state index in [1.54, 1.807) is 0 Å². The van der Waals surface area contributed by atoms with Gasteiger partial charge in [0.05, 0.1) is 0 Å². The third-order valence-electron chi connectivity index (χ3n) is 1.53. The molecule has 0 spiro atoms. The number of carboxylic acids is 2. The first-order valence-electron chi connectivity index (χ1n) is 4.06. The molecule has 0 radical (unpaired) electrons. The van der Waals surface area contributed by atoms with Crippen molar-refractivity contribution in [2.24, 2.45) is 0 Å². The van der Waals surface area contributed by atoms with Crippen molar-refractivity contribution in [2.75, 3.05) is 0 Å². The number of aliphatic carboxylic acids is 2. The zero-order valence-electron chi connectivity index (χ0n) is 7.45. The Morgan fingerprint density at radius 3 is 1.31 bits per heavy atom. The Bertz CT molecular complexity index is 137. The fourth-order valence-electron chi connectivity index (χ4n) is 0.906. The quantitative estimate of drug-likeness (QED) is 0.578. The first kappa shape index (κ1) is 14.4. The van der Waals surface area contributed by atoms with Crippen LogP contribution in [0.15, 0.2) is 0 Å². The number of unbranched alkanes of at least 4 members (excludes halogenated alkanes) is 3. The number of rotatable bonds is 7. The maximum atomic E-state index is 10.0. The second kappa shape index (κ2) is 8.99. The average Bonchev–Trinajstić information content (AvgIpc) is 1.95. The summed E-state index contributed by atoms with van der Waals surface area (Å²) in [5, 5.41) is 16.5. The number of hydrogen-bond donors (Lipinski definition) is 2. The summed E-state index contributed by atoms with van der Waals surface area (Å²) in [6.07, 6.45) is 3.28. The van der Waals surface area contributed by atoms with E-state index in [9.17, 15) is 9.59 Å². The van der Waals surface area contributed by atoms with E-state index in [2.05, 4.69) is 0 Å². The summed E-state index contributed by atoms with van der Waals surface area (Å²) >= 11 is 0. The lowest BCUT2D eigenvalue weighted by atomic mass is 10.1. The predicted octanol–water partition coefficient (Wildman–Crippen LogP) is 0.671. The highest BCUT2D eigenvalue weighted by Crippen LogP contribution is 2.04. The van der Waals surface area contributed by atoms with E-state index in [-0.39, 0.29) is 18.3 Å². The molecule has 0 bridgehead atoms. The summed E-state index contributed by atoms with van der Waals surface area (Å²) in [5.74, 6) is -1.57. The van der Waals surface area contributed by atoms with E-state index in [1.807, 2.05) is 0 Å². The van der Waals surface area contributed by atoms with Crippen molar-refractivity contribution in [3.05, 3.63) is 0 Å². The molecule has 78 valence electrons. The van der Waals surface area contributed by atoms with E-state index in [0.29, 0.717) is 12.8 Å². The first-order valence-corrected chi connectivity index (χ1v) is 4.06. The van der Waals surface area contributed by atoms with E-state index >= 15 is 0 Å². The molecule has 0 aromatic carbocycles. The molecule has 0 amide bonds. The lowest BCUT2D eigenvalue weighted by Crippen LogP contribution is -1.95. The van der Waals surface area contributed by atoms with Gasteiger partial charge in [-0.1, -0.05) is 12.8 Å². The molecular weight excluding hydrogens is 176 g/mol. The molecule has 5 heteroatoms. The minimum atomic E-state index is -0.784. The Kier molecular flexibility index (Phi) is 9.98. The van der Waals surface area contributed by atoms with E-state index in [0.717, 1.165) is 12.8 Å². The summed E-state index contributed by atoms with van der Waals surface area (Å²) < 4.78 is 0. The molecule has 0 atom stereocenters. The van der Waals surface area contributed by atoms with Gasteiger partial charge in [0.2, 0.25) is 0 Å². The van der Waals surface area contributed by atoms with Crippen LogP contribution in [-0.2, 0) is 9.59 Å². The maximum Gasteiger partial charge on any atom is 0.303 e. The monoisotopic (exact) mass is 192 g/mol. The second-order valence-corrected chi connectivity index (χ2v) is 2.70. The van der Waals surface area contributed by atoms with Crippen LogP contribution in [0.25, 0.3) is 0 Å². The van der Waals surface area contributed by atoms with Crippen molar-refractivity contribution in [2.45, 2.75) is 38.5 Å². The van der Waals surface area contributed by atoms with Gasteiger partial charge >= 0.3 is 11.9 Å². The lowest BCUT2D eigenvalue weighted by Gasteiger charge is -1.96. The second-order valence-electron chi connectivity index (χ2n) is 2.70. The van der Waals surface area contributed by atoms with Gasteiger partial charge in [-0.25, -0.2) is 0 Å². The van der Waals surface area contributed by atoms with Crippen LogP contribution in [0.1, 0.15) is 38.5 Å². The summed E-state index contributed by atoms with van der Waals surface area (Å²) in [4.78, 5) is 20.1. The molecule has 0 aromatic rings. The Morgan fingerprint density at radius 1 is 0.769 bits per heavy atom. The van der Waals surface area contributed by atoms with Gasteiger partial charge in [0.1, 0.15) is 0 Å². The summed E-state index contributed by atoms with van der Waals surface area (Å²) in [6.45, 7) is 0. The molecule has 0 aliphatic rings.